The number of rotatable bonds is 6. The number of aromatic nitrogens is 7. The van der Waals surface area contributed by atoms with Gasteiger partial charge in [-0.3, -0.25) is 9.59 Å². The van der Waals surface area contributed by atoms with Gasteiger partial charge in [-0.1, -0.05) is 29.2 Å². The van der Waals surface area contributed by atoms with Crippen molar-refractivity contribution in [3.63, 3.8) is 0 Å². The third-order valence-corrected chi connectivity index (χ3v) is 5.39. The van der Waals surface area contributed by atoms with Crippen LogP contribution in [0.4, 0.5) is 18.9 Å². The Morgan fingerprint density at radius 3 is 2.62 bits per heavy atom. The van der Waals surface area contributed by atoms with E-state index in [2.05, 4.69) is 36.2 Å². The Labute approximate surface area is 213 Å². The summed E-state index contributed by atoms with van der Waals surface area (Å²) in [7, 11) is 7.28. The van der Waals surface area contributed by atoms with E-state index < -0.39 is 30.4 Å². The van der Waals surface area contributed by atoms with Crippen molar-refractivity contribution in [2.24, 2.45) is 0 Å². The molecule has 4 rings (SSSR count). The molecule has 3 aromatic heterocycles. The molecule has 0 saturated carbocycles. The first-order valence-corrected chi connectivity index (χ1v) is 10.8. The number of benzene rings is 1. The Hall–Kier alpha value is -4.27. The molecule has 4 aromatic rings. The van der Waals surface area contributed by atoms with Gasteiger partial charge in [-0.25, -0.2) is 14.3 Å². The molecule has 16 heteroatoms. The first-order chi connectivity index (χ1) is 17.5. The third-order valence-electron chi connectivity index (χ3n) is 5.10. The fraction of sp³-hybridized carbons (Fsp3) is 0.190. The fourth-order valence-corrected chi connectivity index (χ4v) is 3.71. The molecule has 0 unspecified atom stereocenters. The van der Waals surface area contributed by atoms with Gasteiger partial charge in [0.05, 0.1) is 28.5 Å². The molecule has 0 fully saturated rings. The summed E-state index contributed by atoms with van der Waals surface area (Å²) in [4.78, 5) is 30.0. The zero-order valence-electron chi connectivity index (χ0n) is 19.2. The number of tetrazole rings is 1. The number of anilines is 1. The van der Waals surface area contributed by atoms with Crippen LogP contribution in [0.25, 0.3) is 5.82 Å². The second-order valence-corrected chi connectivity index (χ2v) is 8.10. The van der Waals surface area contributed by atoms with E-state index >= 15 is 0 Å². The van der Waals surface area contributed by atoms with Crippen molar-refractivity contribution in [3.05, 3.63) is 69.9 Å². The summed E-state index contributed by atoms with van der Waals surface area (Å²) in [5.41, 5.74) is 0.974. The minimum absolute atomic E-state index is 0.00484. The number of hydrogen-bond donors (Lipinski definition) is 2. The minimum Gasteiger partial charge on any atom is -0.355 e. The Bertz CT molecular complexity index is 1500. The third kappa shape index (κ3) is 5.30. The highest BCUT2D eigenvalue weighted by Gasteiger charge is 2.38. The molecule has 0 aliphatic carbocycles. The summed E-state index contributed by atoms with van der Waals surface area (Å²) in [5, 5.41) is 19.0. The van der Waals surface area contributed by atoms with Gasteiger partial charge in [-0.2, -0.15) is 18.3 Å². The molecule has 0 spiro atoms. The molecule has 2 amide bonds. The maximum Gasteiger partial charge on any atom is 0.453 e. The van der Waals surface area contributed by atoms with Gasteiger partial charge in [0.1, 0.15) is 13.5 Å². The molecule has 1 aromatic carbocycles. The average molecular weight is 530 g/mol. The molecular weight excluding hydrogens is 514 g/mol. The Balaban J connectivity index is 1.78. The van der Waals surface area contributed by atoms with Crippen LogP contribution >= 0.6 is 11.6 Å². The topological polar surface area (TPSA) is 133 Å². The average Bonchev–Trinajstić information content (AvgIpc) is 3.48. The number of halogens is 4. The molecule has 188 valence electrons. The number of carbonyl (C=O) groups is 2. The number of amides is 2. The van der Waals surface area contributed by atoms with Crippen LogP contribution in [0.5, 0.6) is 0 Å². The smallest absolute Gasteiger partial charge is 0.355 e. The fourth-order valence-electron chi connectivity index (χ4n) is 3.50. The minimum atomic E-state index is -4.81. The lowest BCUT2D eigenvalue weighted by Gasteiger charge is -2.15. The van der Waals surface area contributed by atoms with Gasteiger partial charge in [0, 0.05) is 13.2 Å². The second kappa shape index (κ2) is 10.0. The maximum atomic E-state index is 13.4. The van der Waals surface area contributed by atoms with Gasteiger partial charge < -0.3 is 10.6 Å². The largest absolute Gasteiger partial charge is 0.453 e. The van der Waals surface area contributed by atoms with Crippen molar-refractivity contribution in [3.8, 4) is 5.82 Å². The van der Waals surface area contributed by atoms with E-state index in [1.165, 1.54) is 31.4 Å². The monoisotopic (exact) mass is 529 g/mol. The molecule has 0 bridgehead atoms. The summed E-state index contributed by atoms with van der Waals surface area (Å²) < 4.78 is 41.3. The highest BCUT2D eigenvalue weighted by atomic mass is 35.5. The van der Waals surface area contributed by atoms with Crippen molar-refractivity contribution >= 4 is 42.4 Å². The maximum absolute atomic E-state index is 13.4. The summed E-state index contributed by atoms with van der Waals surface area (Å²) in [6, 6.07) is 7.27. The van der Waals surface area contributed by atoms with Crippen LogP contribution in [0.1, 0.15) is 37.9 Å². The standard InChI is InChI=1S/C21H16BClF3N9O2/c1-10-6-11(22)7-13(18(36)27-2)16(10)29-19(37)15-8-12(9-34-20(21(24,25)26)30-32-33-34)31-35(15)17-14(23)4-3-5-28-17/h3-8H,9H2,1-2H3,(H,27,36)(H,29,37). The lowest BCUT2D eigenvalue weighted by molar-refractivity contribution is -0.147. The predicted octanol–water partition coefficient (Wildman–Crippen LogP) is 1.69. The van der Waals surface area contributed by atoms with Gasteiger partial charge in [0.15, 0.2) is 5.82 Å². The van der Waals surface area contributed by atoms with Crippen LogP contribution in [0.3, 0.4) is 0 Å². The molecule has 11 nitrogen and oxygen atoms in total. The lowest BCUT2D eigenvalue weighted by atomic mass is 9.90. The Morgan fingerprint density at radius 1 is 1.19 bits per heavy atom. The lowest BCUT2D eigenvalue weighted by Crippen LogP contribution is -2.25. The predicted molar refractivity (Wildman–Crippen MR) is 126 cm³/mol. The van der Waals surface area contributed by atoms with E-state index in [-0.39, 0.29) is 33.5 Å². The number of aryl methyl sites for hydroxylation is 1. The van der Waals surface area contributed by atoms with Crippen LogP contribution in [-0.4, -0.2) is 61.7 Å². The van der Waals surface area contributed by atoms with E-state index in [9.17, 15) is 22.8 Å². The van der Waals surface area contributed by atoms with E-state index in [0.29, 0.717) is 15.7 Å². The van der Waals surface area contributed by atoms with Gasteiger partial charge in [0.25, 0.3) is 17.6 Å². The number of alkyl halides is 3. The van der Waals surface area contributed by atoms with Crippen molar-refractivity contribution in [1.82, 2.24) is 40.3 Å². The van der Waals surface area contributed by atoms with Crippen LogP contribution in [-0.2, 0) is 12.7 Å². The first kappa shape index (κ1) is 25.8. The number of pyridine rings is 1. The molecule has 0 saturated heterocycles. The molecule has 0 atom stereocenters. The zero-order chi connectivity index (χ0) is 26.9. The molecule has 37 heavy (non-hydrogen) atoms. The molecule has 2 N–H and O–H groups in total. The SMILES string of the molecule is [B]c1cc(C)c(NC(=O)c2cc(Cn3nnnc3C(F)(F)F)nn2-c2ncccc2Cl)c(C(=O)NC)c1. The Morgan fingerprint density at radius 2 is 1.95 bits per heavy atom. The molecule has 3 heterocycles. The normalized spacial score (nSPS) is 11.4. The van der Waals surface area contributed by atoms with Crippen LogP contribution in [0, 0.1) is 6.92 Å². The van der Waals surface area contributed by atoms with Gasteiger partial charge >= 0.3 is 6.18 Å². The van der Waals surface area contributed by atoms with Crippen LogP contribution in [0.15, 0.2) is 36.5 Å². The van der Waals surface area contributed by atoms with Gasteiger partial charge in [0.2, 0.25) is 0 Å². The zero-order valence-corrected chi connectivity index (χ0v) is 20.0. The number of hydrogen-bond acceptors (Lipinski definition) is 7. The second-order valence-electron chi connectivity index (χ2n) is 7.69. The van der Waals surface area contributed by atoms with E-state index in [1.54, 1.807) is 19.1 Å². The van der Waals surface area contributed by atoms with Gasteiger partial charge in [-0.15, -0.1) is 5.10 Å². The van der Waals surface area contributed by atoms with E-state index in [4.69, 9.17) is 19.4 Å². The summed E-state index contributed by atoms with van der Waals surface area (Å²) in [6.07, 6.45) is -3.40. The van der Waals surface area contributed by atoms with E-state index in [1.807, 2.05) is 0 Å². The number of nitrogens with one attached hydrogen (secondary N) is 2. The highest BCUT2D eigenvalue weighted by Crippen LogP contribution is 2.28. The summed E-state index contributed by atoms with van der Waals surface area (Å²) in [5.74, 6) is -2.53. The highest BCUT2D eigenvalue weighted by molar-refractivity contribution is 6.33. The first-order valence-electron chi connectivity index (χ1n) is 10.5. The molecule has 2 radical (unpaired) electrons. The van der Waals surface area contributed by atoms with Crippen molar-refractivity contribution in [1.29, 1.82) is 0 Å². The Kier molecular flexibility index (Phi) is 6.98. The quantitative estimate of drug-likeness (QED) is 0.363. The molecule has 0 aliphatic heterocycles. The van der Waals surface area contributed by atoms with Crippen molar-refractivity contribution < 1.29 is 22.8 Å². The number of carbonyl (C=O) groups excluding carboxylic acids is 2. The van der Waals surface area contributed by atoms with Crippen molar-refractivity contribution in [2.45, 2.75) is 19.6 Å². The van der Waals surface area contributed by atoms with Crippen LogP contribution in [0.2, 0.25) is 5.02 Å². The molecule has 0 aliphatic rings. The number of nitrogens with zero attached hydrogens (tertiary/aromatic N) is 7. The van der Waals surface area contributed by atoms with Crippen molar-refractivity contribution in [2.75, 3.05) is 12.4 Å². The van der Waals surface area contributed by atoms with Gasteiger partial charge in [-0.05, 0) is 41.1 Å². The van der Waals surface area contributed by atoms with E-state index in [0.717, 1.165) is 4.68 Å². The molecular formula is C21H16BClF3N9O2. The summed E-state index contributed by atoms with van der Waals surface area (Å²) in [6.45, 7) is 1.14. The van der Waals surface area contributed by atoms with Crippen LogP contribution < -0.4 is 16.1 Å². The summed E-state index contributed by atoms with van der Waals surface area (Å²) >= 11 is 6.25.